The van der Waals surface area contributed by atoms with E-state index < -0.39 is 0 Å². The van der Waals surface area contributed by atoms with Crippen LogP contribution in [0.4, 0.5) is 17.4 Å². The number of hydrogen-bond acceptors (Lipinski definition) is 7. The summed E-state index contributed by atoms with van der Waals surface area (Å²) in [4.78, 5) is 23.6. The van der Waals surface area contributed by atoms with Gasteiger partial charge in [0.15, 0.2) is 11.4 Å². The molecule has 1 amide bonds. The fraction of sp³-hybridized carbons (Fsp3) is 0.484. The van der Waals surface area contributed by atoms with E-state index in [1.54, 1.807) is 12.5 Å². The number of nitrogens with one attached hydrogen (secondary N) is 2. The fourth-order valence-electron chi connectivity index (χ4n) is 6.57. The van der Waals surface area contributed by atoms with E-state index in [0.29, 0.717) is 29.7 Å². The molecular weight excluding hydrogens is 502 g/mol. The molecule has 2 saturated carbocycles. The highest BCUT2D eigenvalue weighted by Crippen LogP contribution is 2.36. The molecule has 0 bridgehead atoms. The predicted molar refractivity (Wildman–Crippen MR) is 155 cm³/mol. The summed E-state index contributed by atoms with van der Waals surface area (Å²) < 4.78 is 8.04. The molecule has 3 aliphatic rings. The SMILES string of the molecule is O=C(Nc1cccc(-c2cnc(N[C@@H]3CCCC[C@H]3C[C@H]3CCCN(c4ccc5ncnn5c4)C3)o2)c1)C1CC1. The molecule has 208 valence electrons. The van der Waals surface area contributed by atoms with Crippen molar-refractivity contribution < 1.29 is 9.21 Å². The number of aromatic nitrogens is 4. The fourth-order valence-corrected chi connectivity index (χ4v) is 6.57. The highest BCUT2D eigenvalue weighted by molar-refractivity contribution is 5.94. The van der Waals surface area contributed by atoms with Gasteiger partial charge in [0.25, 0.3) is 6.01 Å². The molecule has 3 aromatic heterocycles. The van der Waals surface area contributed by atoms with Gasteiger partial charge in [-0.25, -0.2) is 14.5 Å². The second-order valence-electron chi connectivity index (χ2n) is 11.8. The van der Waals surface area contributed by atoms with Crippen LogP contribution < -0.4 is 15.5 Å². The average molecular weight is 540 g/mol. The molecule has 1 aromatic carbocycles. The molecule has 3 fully saturated rings. The summed E-state index contributed by atoms with van der Waals surface area (Å²) in [5, 5.41) is 11.0. The smallest absolute Gasteiger partial charge is 0.295 e. The largest absolute Gasteiger partial charge is 0.424 e. The number of oxazole rings is 1. The Morgan fingerprint density at radius 2 is 1.95 bits per heavy atom. The van der Waals surface area contributed by atoms with Gasteiger partial charge in [0, 0.05) is 36.3 Å². The number of fused-ring (bicyclic) bond motifs is 1. The number of amides is 1. The minimum Gasteiger partial charge on any atom is -0.424 e. The Hall–Kier alpha value is -3.88. The third-order valence-corrected chi connectivity index (χ3v) is 8.87. The highest BCUT2D eigenvalue weighted by Gasteiger charge is 2.31. The minimum absolute atomic E-state index is 0.109. The molecule has 7 rings (SSSR count). The van der Waals surface area contributed by atoms with Crippen LogP contribution in [0.5, 0.6) is 0 Å². The van der Waals surface area contributed by atoms with Gasteiger partial charge in [-0.15, -0.1) is 0 Å². The second-order valence-corrected chi connectivity index (χ2v) is 11.8. The maximum absolute atomic E-state index is 12.2. The van der Waals surface area contributed by atoms with Crippen molar-refractivity contribution in [1.82, 2.24) is 19.6 Å². The number of hydrogen-bond donors (Lipinski definition) is 2. The molecular formula is C31H37N7O2. The highest BCUT2D eigenvalue weighted by atomic mass is 16.4. The van der Waals surface area contributed by atoms with Gasteiger partial charge in [-0.1, -0.05) is 25.0 Å². The third kappa shape index (κ3) is 5.55. The van der Waals surface area contributed by atoms with Crippen molar-refractivity contribution in [3.05, 3.63) is 55.1 Å². The van der Waals surface area contributed by atoms with Crippen molar-refractivity contribution in [2.24, 2.45) is 17.8 Å². The van der Waals surface area contributed by atoms with E-state index in [2.05, 4.69) is 48.9 Å². The number of pyridine rings is 1. The molecule has 9 heteroatoms. The zero-order valence-electron chi connectivity index (χ0n) is 22.8. The Balaban J connectivity index is 0.990. The maximum Gasteiger partial charge on any atom is 0.295 e. The quantitative estimate of drug-likeness (QED) is 0.283. The van der Waals surface area contributed by atoms with Gasteiger partial charge in [0.1, 0.15) is 6.33 Å². The zero-order chi connectivity index (χ0) is 26.9. The molecule has 4 heterocycles. The summed E-state index contributed by atoms with van der Waals surface area (Å²) in [5.41, 5.74) is 3.83. The summed E-state index contributed by atoms with van der Waals surface area (Å²) in [6.45, 7) is 2.17. The minimum atomic E-state index is 0.109. The van der Waals surface area contributed by atoms with Gasteiger partial charge in [-0.3, -0.25) is 4.79 Å². The van der Waals surface area contributed by atoms with E-state index in [1.807, 2.05) is 28.8 Å². The first-order chi connectivity index (χ1) is 19.7. The van der Waals surface area contributed by atoms with Gasteiger partial charge in [-0.05, 0) is 81.0 Å². The van der Waals surface area contributed by atoms with Gasteiger partial charge < -0.3 is 20.0 Å². The first-order valence-corrected chi connectivity index (χ1v) is 14.9. The van der Waals surface area contributed by atoms with Crippen LogP contribution >= 0.6 is 0 Å². The van der Waals surface area contributed by atoms with Gasteiger partial charge >= 0.3 is 0 Å². The van der Waals surface area contributed by atoms with E-state index in [4.69, 9.17) is 4.42 Å². The Kier molecular flexibility index (Phi) is 6.87. The van der Waals surface area contributed by atoms with E-state index in [9.17, 15) is 4.79 Å². The number of rotatable bonds is 8. The summed E-state index contributed by atoms with van der Waals surface area (Å²) in [6.07, 6.45) is 16.1. The lowest BCUT2D eigenvalue weighted by Gasteiger charge is -2.39. The first kappa shape index (κ1) is 25.1. The molecule has 0 radical (unpaired) electrons. The summed E-state index contributed by atoms with van der Waals surface area (Å²) >= 11 is 0. The van der Waals surface area contributed by atoms with Crippen molar-refractivity contribution in [2.45, 2.75) is 63.8 Å². The monoisotopic (exact) mass is 539 g/mol. The van der Waals surface area contributed by atoms with E-state index in [-0.39, 0.29) is 11.8 Å². The Morgan fingerprint density at radius 3 is 2.88 bits per heavy atom. The topological polar surface area (TPSA) is 101 Å². The second kappa shape index (κ2) is 10.9. The van der Waals surface area contributed by atoms with E-state index >= 15 is 0 Å². The van der Waals surface area contributed by atoms with Crippen LogP contribution in [0.15, 0.2) is 59.5 Å². The van der Waals surface area contributed by atoms with Crippen molar-refractivity contribution in [2.75, 3.05) is 28.6 Å². The molecule has 4 aromatic rings. The van der Waals surface area contributed by atoms with Crippen LogP contribution in [0.25, 0.3) is 17.0 Å². The lowest BCUT2D eigenvalue weighted by molar-refractivity contribution is -0.117. The molecule has 0 spiro atoms. The van der Waals surface area contributed by atoms with Crippen molar-refractivity contribution >= 4 is 28.9 Å². The zero-order valence-corrected chi connectivity index (χ0v) is 22.8. The lowest BCUT2D eigenvalue weighted by atomic mass is 9.77. The van der Waals surface area contributed by atoms with Crippen LogP contribution in [-0.2, 0) is 4.79 Å². The van der Waals surface area contributed by atoms with Gasteiger partial charge in [-0.2, -0.15) is 5.10 Å². The van der Waals surface area contributed by atoms with Crippen LogP contribution in [0.3, 0.4) is 0 Å². The molecule has 0 unspecified atom stereocenters. The Labute approximate surface area is 234 Å². The van der Waals surface area contributed by atoms with Crippen LogP contribution in [0.2, 0.25) is 0 Å². The Morgan fingerprint density at radius 1 is 1.02 bits per heavy atom. The van der Waals surface area contributed by atoms with Crippen LogP contribution in [0, 0.1) is 17.8 Å². The first-order valence-electron chi connectivity index (χ1n) is 14.9. The van der Waals surface area contributed by atoms with Gasteiger partial charge in [0.05, 0.1) is 18.1 Å². The summed E-state index contributed by atoms with van der Waals surface area (Å²) in [6, 6.07) is 13.0. The lowest BCUT2D eigenvalue weighted by Crippen LogP contribution is -2.39. The summed E-state index contributed by atoms with van der Waals surface area (Å²) in [7, 11) is 0. The molecule has 3 atom stereocenters. The number of benzene rings is 1. The molecule has 40 heavy (non-hydrogen) atoms. The Bertz CT molecular complexity index is 1480. The molecule has 2 N–H and O–H groups in total. The van der Waals surface area contributed by atoms with Crippen molar-refractivity contribution in [1.29, 1.82) is 0 Å². The average Bonchev–Trinajstić information content (AvgIpc) is 3.55. The number of nitrogens with zero attached hydrogens (tertiary/aromatic N) is 5. The van der Waals surface area contributed by atoms with Crippen LogP contribution in [-0.4, -0.2) is 44.6 Å². The standard InChI is InChI=1S/C31H37N7O2/c39-30(22-10-11-22)35-25-8-3-7-24(16-25)28-17-32-31(40-28)36-27-9-2-1-6-23(27)15-21-5-4-14-37(18-21)26-12-13-29-33-20-34-38(29)19-26/h3,7-8,12-13,16-17,19-23,27H,1-2,4-6,9-11,14-15,18H2,(H,32,36)(H,35,39)/t21-,23+,27-/m1/s1. The predicted octanol–water partition coefficient (Wildman–Crippen LogP) is 6.01. The third-order valence-electron chi connectivity index (χ3n) is 8.87. The van der Waals surface area contributed by atoms with Crippen molar-refractivity contribution in [3.8, 4) is 11.3 Å². The normalized spacial score (nSPS) is 23.3. The molecule has 1 aliphatic heterocycles. The number of carbonyl (C=O) groups is 1. The van der Waals surface area contributed by atoms with E-state index in [0.717, 1.165) is 49.2 Å². The molecule has 1 saturated heterocycles. The summed E-state index contributed by atoms with van der Waals surface area (Å²) in [5.74, 6) is 2.27. The number of anilines is 3. The van der Waals surface area contributed by atoms with E-state index in [1.165, 1.54) is 44.2 Å². The maximum atomic E-state index is 12.2. The number of carbonyl (C=O) groups excluding carboxylic acids is 1. The van der Waals surface area contributed by atoms with Crippen molar-refractivity contribution in [3.63, 3.8) is 0 Å². The van der Waals surface area contributed by atoms with Gasteiger partial charge in [0.2, 0.25) is 5.91 Å². The molecule has 2 aliphatic carbocycles. The molecule has 9 nitrogen and oxygen atoms in total. The van der Waals surface area contributed by atoms with Crippen LogP contribution in [0.1, 0.15) is 57.8 Å². The number of piperidine rings is 1.